The summed E-state index contributed by atoms with van der Waals surface area (Å²) in [5.74, 6) is 2.62. The van der Waals surface area contributed by atoms with Crippen LogP contribution < -0.4 is 10.6 Å². The smallest absolute Gasteiger partial charge is 0.390 e. The van der Waals surface area contributed by atoms with Crippen molar-refractivity contribution in [3.05, 3.63) is 35.9 Å². The number of carbonyl (C=O) groups excluding carboxylic acids is 3. The fourth-order valence-electron chi connectivity index (χ4n) is 6.17. The zero-order valence-electron chi connectivity index (χ0n) is 28.8. The van der Waals surface area contributed by atoms with Crippen LogP contribution in [0.15, 0.2) is 30.3 Å². The van der Waals surface area contributed by atoms with E-state index in [1.165, 1.54) is 19.0 Å². The Balaban J connectivity index is 2.19. The number of rotatable bonds is 20. The minimum absolute atomic E-state index is 0.0196. The number of nitrogens with one attached hydrogen (secondary N) is 2. The number of carbonyl (C=O) groups is 3. The number of benzene rings is 1. The minimum atomic E-state index is -4.37. The summed E-state index contributed by atoms with van der Waals surface area (Å²) < 4.78 is 38.2. The molecule has 9 nitrogen and oxygen atoms in total. The predicted octanol–water partition coefficient (Wildman–Crippen LogP) is 3.68. The van der Waals surface area contributed by atoms with E-state index in [4.69, 9.17) is 12.8 Å². The number of amides is 3. The quantitative estimate of drug-likeness (QED) is 0.122. The first-order valence-corrected chi connectivity index (χ1v) is 17.1. The number of nitrogens with zero attached hydrogens (tertiary/aromatic N) is 2. The highest BCUT2D eigenvalue weighted by molar-refractivity contribution is 5.91. The third-order valence-electron chi connectivity index (χ3n) is 9.03. The van der Waals surface area contributed by atoms with Crippen LogP contribution in [0.1, 0.15) is 76.2 Å². The van der Waals surface area contributed by atoms with Gasteiger partial charge in [0.25, 0.3) is 0 Å². The lowest BCUT2D eigenvalue weighted by Crippen LogP contribution is -2.56. The van der Waals surface area contributed by atoms with Gasteiger partial charge in [-0.1, -0.05) is 62.4 Å². The van der Waals surface area contributed by atoms with Gasteiger partial charge < -0.3 is 25.7 Å². The fraction of sp³-hybridized carbons (Fsp3) is 0.649. The normalized spacial score (nSPS) is 16.8. The summed E-state index contributed by atoms with van der Waals surface area (Å²) in [4.78, 5) is 43.0. The van der Waals surface area contributed by atoms with E-state index >= 15 is 0 Å². The summed E-state index contributed by atoms with van der Waals surface area (Å²) in [6.45, 7) is -1.11. The summed E-state index contributed by atoms with van der Waals surface area (Å²) in [6, 6.07) is 7.03. The number of alkyl halides is 3. The largest absolute Gasteiger partial charge is 0.401 e. The Kier molecular flexibility index (Phi) is 18.2. The van der Waals surface area contributed by atoms with Crippen molar-refractivity contribution in [3.63, 3.8) is 0 Å². The summed E-state index contributed by atoms with van der Waals surface area (Å²) >= 11 is 0. The van der Waals surface area contributed by atoms with E-state index in [0.717, 1.165) is 42.6 Å². The number of aliphatic hydroxyl groups is 2. The van der Waals surface area contributed by atoms with Crippen molar-refractivity contribution in [3.8, 4) is 24.7 Å². The Morgan fingerprint density at radius 3 is 2.27 bits per heavy atom. The molecule has 3 amide bonds. The second-order valence-electron chi connectivity index (χ2n) is 13.2. The van der Waals surface area contributed by atoms with E-state index in [1.54, 1.807) is 24.3 Å². The van der Waals surface area contributed by atoms with E-state index in [2.05, 4.69) is 22.5 Å². The molecular formula is C37H53F3N4O5. The first-order valence-electron chi connectivity index (χ1n) is 17.1. The Bertz CT molecular complexity index is 1240. The molecule has 0 radical (unpaired) electrons. The van der Waals surface area contributed by atoms with Crippen LogP contribution in [0.3, 0.4) is 0 Å². The van der Waals surface area contributed by atoms with Gasteiger partial charge in [-0.3, -0.25) is 19.3 Å². The van der Waals surface area contributed by atoms with Gasteiger partial charge in [-0.25, -0.2) is 0 Å². The highest BCUT2D eigenvalue weighted by Crippen LogP contribution is 2.29. The topological polar surface area (TPSA) is 122 Å². The molecular weight excluding hydrogens is 637 g/mol. The van der Waals surface area contributed by atoms with Crippen LogP contribution >= 0.6 is 0 Å². The number of hydrogen-bond acceptors (Lipinski definition) is 6. The molecule has 0 spiro atoms. The van der Waals surface area contributed by atoms with Gasteiger partial charge in [-0.2, -0.15) is 13.2 Å². The monoisotopic (exact) mass is 690 g/mol. The molecule has 1 aromatic rings. The highest BCUT2D eigenvalue weighted by Gasteiger charge is 2.34. The number of terminal acetylenes is 2. The first kappa shape index (κ1) is 41.6. The molecule has 0 saturated heterocycles. The summed E-state index contributed by atoms with van der Waals surface area (Å²) in [5, 5.41) is 27.5. The standard InChI is InChI=1S/C37H53F3N4O5/c1-5-7-10-20-32(45)34(47)31(24-28-18-13-9-14-19-28)42-36(49)30(15-6-2)41-35(48)29(23-27-16-11-8-12-17-27)25-33(46)44(4)22-21-43(3)26-37(38,39)40/h1-2,8,11-12,16-17,28-32,34,45,47H,7,9-10,13-15,18-26H2,3-4H3,(H,41,48)(H,42,49)/t29-,30+,31+,32+,34-/m1/s1. The maximum absolute atomic E-state index is 13.7. The van der Waals surface area contributed by atoms with Crippen molar-refractivity contribution < 1.29 is 37.8 Å². The third-order valence-corrected chi connectivity index (χ3v) is 9.03. The van der Waals surface area contributed by atoms with E-state index in [1.807, 2.05) is 6.07 Å². The van der Waals surface area contributed by atoms with Gasteiger partial charge in [-0.05, 0) is 44.2 Å². The number of unbranched alkanes of at least 4 members (excludes halogenated alkanes) is 1. The summed E-state index contributed by atoms with van der Waals surface area (Å²) in [7, 11) is 2.78. The number of hydrogen-bond donors (Lipinski definition) is 4. The van der Waals surface area contributed by atoms with Crippen molar-refractivity contribution in [2.75, 3.05) is 33.7 Å². The van der Waals surface area contributed by atoms with Crippen molar-refractivity contribution in [1.29, 1.82) is 0 Å². The van der Waals surface area contributed by atoms with Crippen molar-refractivity contribution in [1.82, 2.24) is 20.4 Å². The molecule has 12 heteroatoms. The van der Waals surface area contributed by atoms with Gasteiger partial charge in [0, 0.05) is 39.4 Å². The molecule has 1 aliphatic carbocycles. The second kappa shape index (κ2) is 21.5. The molecule has 2 rings (SSSR count). The minimum Gasteiger partial charge on any atom is -0.390 e. The third kappa shape index (κ3) is 16.1. The number of aliphatic hydroxyl groups excluding tert-OH is 2. The summed E-state index contributed by atoms with van der Waals surface area (Å²) in [5.41, 5.74) is 0.774. The molecule has 1 saturated carbocycles. The Hall–Kier alpha value is -3.58. The molecule has 1 fully saturated rings. The molecule has 4 N–H and O–H groups in total. The van der Waals surface area contributed by atoms with Crippen LogP contribution in [-0.2, 0) is 20.8 Å². The molecule has 0 aromatic heterocycles. The van der Waals surface area contributed by atoms with Crippen LogP contribution in [0.25, 0.3) is 0 Å². The lowest BCUT2D eigenvalue weighted by molar-refractivity contribution is -0.144. The van der Waals surface area contributed by atoms with E-state index in [0.29, 0.717) is 19.3 Å². The SMILES string of the molecule is C#CCCC[C@H](O)[C@H](O)[C@H](CC1CCCCC1)NC(=O)[C@H](CC#C)NC(=O)[C@@H](CC(=O)N(C)CCN(C)CC(F)(F)F)Cc1ccccc1. The Morgan fingerprint density at radius 2 is 1.65 bits per heavy atom. The van der Waals surface area contributed by atoms with Gasteiger partial charge in [0.1, 0.15) is 6.04 Å². The van der Waals surface area contributed by atoms with Gasteiger partial charge in [0.2, 0.25) is 17.7 Å². The van der Waals surface area contributed by atoms with Gasteiger partial charge in [0.05, 0.1) is 30.7 Å². The molecule has 5 atom stereocenters. The molecule has 0 unspecified atom stereocenters. The van der Waals surface area contributed by atoms with Gasteiger partial charge in [0.15, 0.2) is 0 Å². The lowest BCUT2D eigenvalue weighted by atomic mass is 9.82. The number of likely N-dealkylation sites (N-methyl/N-ethyl adjacent to an activating group) is 2. The van der Waals surface area contributed by atoms with Crippen LogP contribution in [0, 0.1) is 36.5 Å². The zero-order valence-corrected chi connectivity index (χ0v) is 28.8. The molecule has 0 aliphatic heterocycles. The van der Waals surface area contributed by atoms with Crippen LogP contribution in [0.4, 0.5) is 13.2 Å². The van der Waals surface area contributed by atoms with Crippen molar-refractivity contribution >= 4 is 17.7 Å². The fourth-order valence-corrected chi connectivity index (χ4v) is 6.17. The predicted molar refractivity (Wildman–Crippen MR) is 183 cm³/mol. The first-order chi connectivity index (χ1) is 23.2. The average Bonchev–Trinajstić information content (AvgIpc) is 3.06. The maximum atomic E-state index is 13.7. The van der Waals surface area contributed by atoms with Gasteiger partial charge in [-0.15, -0.1) is 24.7 Å². The molecule has 49 heavy (non-hydrogen) atoms. The van der Waals surface area contributed by atoms with Crippen LogP contribution in [0.2, 0.25) is 0 Å². The second-order valence-corrected chi connectivity index (χ2v) is 13.2. The Labute approximate surface area is 289 Å². The van der Waals surface area contributed by atoms with E-state index in [-0.39, 0.29) is 44.7 Å². The maximum Gasteiger partial charge on any atom is 0.401 e. The molecule has 272 valence electrons. The molecule has 1 aliphatic rings. The Morgan fingerprint density at radius 1 is 0.980 bits per heavy atom. The van der Waals surface area contributed by atoms with E-state index in [9.17, 15) is 37.8 Å². The van der Waals surface area contributed by atoms with Crippen molar-refractivity contribution in [2.45, 2.75) is 108 Å². The van der Waals surface area contributed by atoms with Crippen molar-refractivity contribution in [2.24, 2.45) is 11.8 Å². The van der Waals surface area contributed by atoms with Crippen LogP contribution in [-0.4, -0.2) is 102 Å². The number of halogens is 3. The molecule has 0 heterocycles. The van der Waals surface area contributed by atoms with Gasteiger partial charge >= 0.3 is 6.18 Å². The molecule has 1 aromatic carbocycles. The average molecular weight is 691 g/mol. The van der Waals surface area contributed by atoms with E-state index < -0.39 is 60.7 Å². The highest BCUT2D eigenvalue weighted by atomic mass is 19.4. The lowest BCUT2D eigenvalue weighted by Gasteiger charge is -2.33. The summed E-state index contributed by atoms with van der Waals surface area (Å²) in [6.07, 6.45) is 10.7. The molecule has 0 bridgehead atoms. The zero-order chi connectivity index (χ0) is 36.4. The van der Waals surface area contributed by atoms with Crippen LogP contribution in [0.5, 0.6) is 0 Å².